The highest BCUT2D eigenvalue weighted by Crippen LogP contribution is 2.43. The van der Waals surface area contributed by atoms with Crippen LogP contribution in [-0.4, -0.2) is 32.4 Å². The molecule has 1 unspecified atom stereocenters. The smallest absolute Gasteiger partial charge is 0.280 e. The summed E-state index contributed by atoms with van der Waals surface area (Å²) < 4.78 is -1.71. The highest BCUT2D eigenvalue weighted by atomic mass is 32.2. The number of carbonyl (C=O) groups excluding carboxylic acids is 2. The molecule has 34 heavy (non-hydrogen) atoms. The summed E-state index contributed by atoms with van der Waals surface area (Å²) in [5, 5.41) is 19.8. The van der Waals surface area contributed by atoms with Crippen molar-refractivity contribution >= 4 is 51.5 Å². The van der Waals surface area contributed by atoms with E-state index in [1.807, 2.05) is 37.3 Å². The van der Waals surface area contributed by atoms with Gasteiger partial charge in [0, 0.05) is 17.7 Å². The molecule has 3 aromatic rings. The highest BCUT2D eigenvalue weighted by molar-refractivity contribution is 8.17. The van der Waals surface area contributed by atoms with Crippen LogP contribution in [0.15, 0.2) is 89.0 Å². The molecule has 10 heteroatoms. The zero-order valence-electron chi connectivity index (χ0n) is 17.8. The van der Waals surface area contributed by atoms with E-state index < -0.39 is 21.5 Å². The predicted molar refractivity (Wildman–Crippen MR) is 130 cm³/mol. The second-order valence-electron chi connectivity index (χ2n) is 7.65. The number of rotatable bonds is 4. The molecule has 0 bridgehead atoms. The molecule has 1 saturated heterocycles. The van der Waals surface area contributed by atoms with Crippen LogP contribution in [0.4, 0.5) is 17.1 Å². The number of amidine groups is 1. The van der Waals surface area contributed by atoms with Gasteiger partial charge in [0.2, 0.25) is 4.75 Å². The van der Waals surface area contributed by atoms with Crippen LogP contribution in [0.5, 0.6) is 0 Å². The van der Waals surface area contributed by atoms with Gasteiger partial charge in [-0.15, -0.1) is 0 Å². The Kier molecular flexibility index (Phi) is 5.21. The number of nitro groups is 1. The number of hydrogen-bond donors (Lipinski definition) is 1. The van der Waals surface area contributed by atoms with E-state index >= 15 is 0 Å². The van der Waals surface area contributed by atoms with Gasteiger partial charge in [-0.2, -0.15) is 10.1 Å². The van der Waals surface area contributed by atoms with E-state index in [0.717, 1.165) is 17.3 Å². The van der Waals surface area contributed by atoms with Crippen molar-refractivity contribution < 1.29 is 14.5 Å². The molecule has 2 amide bonds. The fourth-order valence-corrected chi connectivity index (χ4v) is 4.91. The van der Waals surface area contributed by atoms with E-state index in [4.69, 9.17) is 0 Å². The molecule has 1 atom stereocenters. The number of aliphatic imine (C=N–C) groups is 1. The summed E-state index contributed by atoms with van der Waals surface area (Å²) in [7, 11) is 0. The number of nitrogens with zero attached hydrogens (tertiary/aromatic N) is 4. The van der Waals surface area contributed by atoms with Crippen molar-refractivity contribution in [1.29, 1.82) is 0 Å². The molecular formula is C24H17N5O4S. The number of amides is 2. The Bertz CT molecular complexity index is 1390. The summed E-state index contributed by atoms with van der Waals surface area (Å²) in [6.07, 6.45) is 0. The summed E-state index contributed by atoms with van der Waals surface area (Å²) in [5.74, 6) is -1.10. The summed E-state index contributed by atoms with van der Waals surface area (Å²) >= 11 is 0.986. The van der Waals surface area contributed by atoms with Crippen molar-refractivity contribution in [3.8, 4) is 0 Å². The summed E-state index contributed by atoms with van der Waals surface area (Å²) in [5.41, 5.74) is 2.60. The molecule has 2 aliphatic heterocycles. The monoisotopic (exact) mass is 471 g/mol. The number of hydrazone groups is 1. The van der Waals surface area contributed by atoms with E-state index in [1.54, 1.807) is 24.3 Å². The lowest BCUT2D eigenvalue weighted by atomic mass is 9.94. The van der Waals surface area contributed by atoms with Gasteiger partial charge >= 0.3 is 0 Å². The lowest BCUT2D eigenvalue weighted by molar-refractivity contribution is -0.384. The van der Waals surface area contributed by atoms with Gasteiger partial charge in [0.05, 0.1) is 16.3 Å². The number of aryl methyl sites for hydroxylation is 1. The third kappa shape index (κ3) is 3.44. The molecule has 2 heterocycles. The number of nitrogens with one attached hydrogen (secondary N) is 1. The molecule has 2 aliphatic rings. The van der Waals surface area contributed by atoms with E-state index in [1.165, 1.54) is 29.3 Å². The number of thioether (sulfide) groups is 1. The standard InChI is InChI=1S/C24H17N5O4S/c1-15-7-5-6-10-19(15)25-23-26-21(30)24(34-23)20(16-11-13-18(14-12-16)29(32)33)27-28(22(24)31)17-8-3-2-4-9-17/h2-14H,1H3,(H,25,26,30). The van der Waals surface area contributed by atoms with Crippen LogP contribution in [0.2, 0.25) is 0 Å². The Labute approximate surface area is 198 Å². The van der Waals surface area contributed by atoms with E-state index in [9.17, 15) is 19.7 Å². The second-order valence-corrected chi connectivity index (χ2v) is 8.85. The van der Waals surface area contributed by atoms with Crippen LogP contribution < -0.4 is 10.3 Å². The lowest BCUT2D eigenvalue weighted by Gasteiger charge is -2.19. The maximum Gasteiger partial charge on any atom is 0.280 e. The van der Waals surface area contributed by atoms with Gasteiger partial charge in [0.25, 0.3) is 17.5 Å². The van der Waals surface area contributed by atoms with Crippen LogP contribution in [-0.2, 0) is 9.59 Å². The van der Waals surface area contributed by atoms with E-state index in [-0.39, 0.29) is 16.6 Å². The molecular weight excluding hydrogens is 454 g/mol. The van der Waals surface area contributed by atoms with Crippen LogP contribution >= 0.6 is 11.8 Å². The van der Waals surface area contributed by atoms with Crippen molar-refractivity contribution in [2.24, 2.45) is 10.1 Å². The minimum absolute atomic E-state index is 0.104. The van der Waals surface area contributed by atoms with E-state index in [2.05, 4.69) is 15.4 Å². The fourth-order valence-electron chi connectivity index (χ4n) is 3.76. The topological polar surface area (TPSA) is 117 Å². The molecule has 1 N–H and O–H groups in total. The van der Waals surface area contributed by atoms with Gasteiger partial charge in [0.15, 0.2) is 5.17 Å². The van der Waals surface area contributed by atoms with Crippen molar-refractivity contribution in [2.45, 2.75) is 11.7 Å². The minimum atomic E-state index is -1.71. The Hall–Kier alpha value is -4.31. The summed E-state index contributed by atoms with van der Waals surface area (Å²) in [4.78, 5) is 42.3. The fraction of sp³-hybridized carbons (Fsp3) is 0.0833. The highest BCUT2D eigenvalue weighted by Gasteiger charge is 2.63. The van der Waals surface area contributed by atoms with Crippen molar-refractivity contribution in [2.75, 3.05) is 5.01 Å². The van der Waals surface area contributed by atoms with Gasteiger partial charge < -0.3 is 5.32 Å². The number of benzene rings is 3. The van der Waals surface area contributed by atoms with Gasteiger partial charge in [-0.25, -0.2) is 4.99 Å². The number of para-hydroxylation sites is 2. The molecule has 168 valence electrons. The Morgan fingerprint density at radius 1 is 1.00 bits per heavy atom. The van der Waals surface area contributed by atoms with Gasteiger partial charge in [0.1, 0.15) is 5.71 Å². The number of carbonyl (C=O) groups is 2. The first-order valence-electron chi connectivity index (χ1n) is 10.3. The molecule has 1 fully saturated rings. The van der Waals surface area contributed by atoms with Gasteiger partial charge in [-0.05, 0) is 42.8 Å². The normalized spacial score (nSPS) is 20.7. The number of hydrogen-bond acceptors (Lipinski definition) is 7. The maximum absolute atomic E-state index is 13.7. The molecule has 0 radical (unpaired) electrons. The summed E-state index contributed by atoms with van der Waals surface area (Å²) in [6.45, 7) is 1.90. The van der Waals surface area contributed by atoms with Crippen LogP contribution in [0.3, 0.4) is 0 Å². The van der Waals surface area contributed by atoms with Crippen molar-refractivity contribution in [1.82, 2.24) is 5.32 Å². The van der Waals surface area contributed by atoms with Crippen LogP contribution in [0.1, 0.15) is 11.1 Å². The van der Waals surface area contributed by atoms with Gasteiger partial charge in [-0.1, -0.05) is 48.2 Å². The maximum atomic E-state index is 13.7. The van der Waals surface area contributed by atoms with Crippen LogP contribution in [0, 0.1) is 17.0 Å². The largest absolute Gasteiger partial charge is 0.303 e. The first-order chi connectivity index (χ1) is 16.4. The molecule has 0 aliphatic carbocycles. The molecule has 0 saturated carbocycles. The van der Waals surface area contributed by atoms with E-state index in [0.29, 0.717) is 16.9 Å². The predicted octanol–water partition coefficient (Wildman–Crippen LogP) is 3.94. The molecule has 9 nitrogen and oxygen atoms in total. The minimum Gasteiger partial charge on any atom is -0.303 e. The molecule has 5 rings (SSSR count). The Balaban J connectivity index is 1.62. The first kappa shape index (κ1) is 21.5. The Morgan fingerprint density at radius 3 is 2.35 bits per heavy atom. The number of anilines is 1. The average molecular weight is 471 g/mol. The zero-order chi connectivity index (χ0) is 23.9. The van der Waals surface area contributed by atoms with Crippen LogP contribution in [0.25, 0.3) is 0 Å². The molecule has 1 spiro atoms. The Morgan fingerprint density at radius 2 is 1.68 bits per heavy atom. The van der Waals surface area contributed by atoms with Crippen molar-refractivity contribution in [3.05, 3.63) is 100 Å². The zero-order valence-corrected chi connectivity index (χ0v) is 18.7. The number of nitro benzene ring substituents is 1. The quantitative estimate of drug-likeness (QED) is 0.351. The third-order valence-electron chi connectivity index (χ3n) is 5.51. The first-order valence-corrected chi connectivity index (χ1v) is 11.1. The van der Waals surface area contributed by atoms with Gasteiger partial charge in [-0.3, -0.25) is 19.7 Å². The SMILES string of the molecule is Cc1ccccc1N=C1NC(=O)C2(S1)C(=O)N(c1ccccc1)N=C2c1ccc([N+](=O)[O-])cc1. The van der Waals surface area contributed by atoms with Crippen molar-refractivity contribution in [3.63, 3.8) is 0 Å². The summed E-state index contributed by atoms with van der Waals surface area (Å²) in [6, 6.07) is 21.8. The number of non-ortho nitro benzene ring substituents is 1. The molecule has 3 aromatic carbocycles. The average Bonchev–Trinajstić information content (AvgIpc) is 3.33. The second kappa shape index (κ2) is 8.23. The molecule has 0 aromatic heterocycles. The lowest BCUT2D eigenvalue weighted by Crippen LogP contribution is -2.50. The third-order valence-corrected chi connectivity index (χ3v) is 6.75.